The second kappa shape index (κ2) is 7.88. The maximum atomic E-state index is 9.92. The van der Waals surface area contributed by atoms with E-state index in [0.717, 1.165) is 35.8 Å². The van der Waals surface area contributed by atoms with E-state index in [0.29, 0.717) is 12.3 Å². The van der Waals surface area contributed by atoms with Gasteiger partial charge in [-0.1, -0.05) is 26.0 Å². The molecule has 0 unspecified atom stereocenters. The molecule has 3 nitrogen and oxygen atoms in total. The van der Waals surface area contributed by atoms with Crippen molar-refractivity contribution in [2.24, 2.45) is 5.41 Å². The molecule has 0 saturated carbocycles. The van der Waals surface area contributed by atoms with Gasteiger partial charge in [-0.05, 0) is 46.7 Å². The smallest absolute Gasteiger partial charge is 0.134 e. The van der Waals surface area contributed by atoms with Gasteiger partial charge in [-0.25, -0.2) is 0 Å². The van der Waals surface area contributed by atoms with Gasteiger partial charge >= 0.3 is 0 Å². The zero-order valence-electron chi connectivity index (χ0n) is 11.7. The Hall–Kier alpha value is -0.580. The van der Waals surface area contributed by atoms with Crippen LogP contribution in [0, 0.1) is 5.41 Å². The Morgan fingerprint density at radius 1 is 1.26 bits per heavy atom. The van der Waals surface area contributed by atoms with Gasteiger partial charge in [0.1, 0.15) is 5.75 Å². The number of hydrogen-bond donors (Lipinski definition) is 3. The Morgan fingerprint density at radius 3 is 2.53 bits per heavy atom. The molecule has 3 N–H and O–H groups in total. The van der Waals surface area contributed by atoms with Gasteiger partial charge in [0.15, 0.2) is 0 Å². The van der Waals surface area contributed by atoms with Crippen molar-refractivity contribution < 1.29 is 10.2 Å². The van der Waals surface area contributed by atoms with Crippen LogP contribution in [0.15, 0.2) is 22.7 Å². The van der Waals surface area contributed by atoms with E-state index in [1.54, 1.807) is 0 Å². The van der Waals surface area contributed by atoms with Crippen molar-refractivity contribution in [1.29, 1.82) is 0 Å². The number of halogens is 1. The number of benzene rings is 1. The summed E-state index contributed by atoms with van der Waals surface area (Å²) in [6.07, 6.45) is 2.90. The van der Waals surface area contributed by atoms with Crippen molar-refractivity contribution in [3.05, 3.63) is 28.2 Å². The normalized spacial score (nSPS) is 11.8. The fourth-order valence-corrected chi connectivity index (χ4v) is 2.75. The van der Waals surface area contributed by atoms with Crippen LogP contribution in [0.2, 0.25) is 0 Å². The summed E-state index contributed by atoms with van der Waals surface area (Å²) in [7, 11) is 0. The molecule has 0 radical (unpaired) electrons. The summed E-state index contributed by atoms with van der Waals surface area (Å²) in [5.74, 6) is 0.302. The van der Waals surface area contributed by atoms with Crippen LogP contribution in [0.3, 0.4) is 0 Å². The molecule has 1 aromatic rings. The standard InChI is InChI=1S/C15H24BrNO2/c1-3-15(4-2,8-9-18)11-17-10-12-6-5-7-13(16)14(12)19/h5-7,17-19H,3-4,8-11H2,1-2H3. The lowest BCUT2D eigenvalue weighted by Crippen LogP contribution is -2.34. The zero-order valence-corrected chi connectivity index (χ0v) is 13.3. The SMILES string of the molecule is CCC(CC)(CCO)CNCc1cccc(Br)c1O. The van der Waals surface area contributed by atoms with E-state index < -0.39 is 0 Å². The summed E-state index contributed by atoms with van der Waals surface area (Å²) in [5.41, 5.74) is 1.04. The highest BCUT2D eigenvalue weighted by Crippen LogP contribution is 2.30. The molecule has 1 aromatic carbocycles. The van der Waals surface area contributed by atoms with Crippen LogP contribution < -0.4 is 5.32 Å². The number of aliphatic hydroxyl groups excluding tert-OH is 1. The van der Waals surface area contributed by atoms with Crippen molar-refractivity contribution >= 4 is 15.9 Å². The predicted octanol–water partition coefficient (Wildman–Crippen LogP) is 3.43. The van der Waals surface area contributed by atoms with Gasteiger partial charge in [0, 0.05) is 25.3 Å². The lowest BCUT2D eigenvalue weighted by Gasteiger charge is -2.31. The maximum absolute atomic E-state index is 9.92. The Morgan fingerprint density at radius 2 is 1.95 bits per heavy atom. The summed E-state index contributed by atoms with van der Waals surface area (Å²) >= 11 is 3.32. The van der Waals surface area contributed by atoms with Crippen molar-refractivity contribution in [1.82, 2.24) is 5.32 Å². The molecular weight excluding hydrogens is 306 g/mol. The molecule has 0 spiro atoms. The third kappa shape index (κ3) is 4.48. The molecule has 0 bridgehead atoms. The van der Waals surface area contributed by atoms with E-state index in [1.165, 1.54) is 0 Å². The van der Waals surface area contributed by atoms with E-state index in [1.807, 2.05) is 18.2 Å². The zero-order chi connectivity index (χ0) is 14.3. The van der Waals surface area contributed by atoms with Crippen LogP contribution in [0.25, 0.3) is 0 Å². The highest BCUT2D eigenvalue weighted by atomic mass is 79.9. The second-order valence-electron chi connectivity index (χ2n) is 5.03. The number of aromatic hydroxyl groups is 1. The molecule has 0 amide bonds. The Labute approximate surface area is 124 Å². The number of nitrogens with one attached hydrogen (secondary N) is 1. The molecule has 0 heterocycles. The van der Waals surface area contributed by atoms with Gasteiger partial charge in [0.2, 0.25) is 0 Å². The first kappa shape index (κ1) is 16.5. The first-order chi connectivity index (χ1) is 9.08. The van der Waals surface area contributed by atoms with Gasteiger partial charge < -0.3 is 15.5 Å². The highest BCUT2D eigenvalue weighted by molar-refractivity contribution is 9.10. The average molecular weight is 330 g/mol. The second-order valence-corrected chi connectivity index (χ2v) is 5.89. The molecule has 1 rings (SSSR count). The third-order valence-corrected chi connectivity index (χ3v) is 4.67. The molecular formula is C15H24BrNO2. The molecule has 0 saturated heterocycles. The minimum absolute atomic E-state index is 0.149. The molecule has 0 atom stereocenters. The maximum Gasteiger partial charge on any atom is 0.134 e. The number of aliphatic hydroxyl groups is 1. The molecule has 0 aromatic heterocycles. The summed E-state index contributed by atoms with van der Waals surface area (Å²) in [6.45, 7) is 6.05. The van der Waals surface area contributed by atoms with Crippen molar-refractivity contribution in [2.75, 3.05) is 13.2 Å². The van der Waals surface area contributed by atoms with Crippen LogP contribution in [0.4, 0.5) is 0 Å². The summed E-state index contributed by atoms with van der Waals surface area (Å²) < 4.78 is 0.722. The average Bonchev–Trinajstić information content (AvgIpc) is 2.42. The van der Waals surface area contributed by atoms with Gasteiger partial charge in [0.05, 0.1) is 4.47 Å². The molecule has 108 valence electrons. The fraction of sp³-hybridized carbons (Fsp3) is 0.600. The number of phenolic OH excluding ortho intramolecular Hbond substituents is 1. The fourth-order valence-electron chi connectivity index (χ4n) is 2.34. The van der Waals surface area contributed by atoms with Crippen molar-refractivity contribution in [3.63, 3.8) is 0 Å². The van der Waals surface area contributed by atoms with E-state index >= 15 is 0 Å². The predicted molar refractivity (Wildman–Crippen MR) is 82.2 cm³/mol. The molecule has 0 aliphatic carbocycles. The molecule has 4 heteroatoms. The largest absolute Gasteiger partial charge is 0.506 e. The first-order valence-corrected chi connectivity index (χ1v) is 7.65. The molecule has 19 heavy (non-hydrogen) atoms. The van der Waals surface area contributed by atoms with Crippen LogP contribution in [-0.4, -0.2) is 23.4 Å². The summed E-state index contributed by atoms with van der Waals surface area (Å²) in [4.78, 5) is 0. The van der Waals surface area contributed by atoms with E-state index in [-0.39, 0.29) is 12.0 Å². The number of phenols is 1. The van der Waals surface area contributed by atoms with Crippen LogP contribution in [0.1, 0.15) is 38.7 Å². The Kier molecular flexibility index (Phi) is 6.83. The number of hydrogen-bond acceptors (Lipinski definition) is 3. The van der Waals surface area contributed by atoms with Crippen LogP contribution >= 0.6 is 15.9 Å². The van der Waals surface area contributed by atoms with Gasteiger partial charge in [-0.15, -0.1) is 0 Å². The monoisotopic (exact) mass is 329 g/mol. The van der Waals surface area contributed by atoms with E-state index in [9.17, 15) is 10.2 Å². The number of para-hydroxylation sites is 1. The number of rotatable bonds is 8. The van der Waals surface area contributed by atoms with E-state index in [2.05, 4.69) is 35.1 Å². The summed E-state index contributed by atoms with van der Waals surface area (Å²) in [5, 5.41) is 22.5. The first-order valence-electron chi connectivity index (χ1n) is 6.86. The van der Waals surface area contributed by atoms with Crippen molar-refractivity contribution in [2.45, 2.75) is 39.7 Å². The van der Waals surface area contributed by atoms with Gasteiger partial charge in [-0.2, -0.15) is 0 Å². The Balaban J connectivity index is 2.59. The highest BCUT2D eigenvalue weighted by Gasteiger charge is 2.24. The minimum Gasteiger partial charge on any atom is -0.506 e. The molecule has 0 fully saturated rings. The van der Waals surface area contributed by atoms with Crippen LogP contribution in [0.5, 0.6) is 5.75 Å². The lowest BCUT2D eigenvalue weighted by atomic mass is 9.79. The minimum atomic E-state index is 0.149. The molecule has 0 aliphatic rings. The molecule has 0 aliphatic heterocycles. The third-order valence-electron chi connectivity index (χ3n) is 4.03. The van der Waals surface area contributed by atoms with Crippen molar-refractivity contribution in [3.8, 4) is 5.75 Å². The van der Waals surface area contributed by atoms with Gasteiger partial charge in [0.25, 0.3) is 0 Å². The van der Waals surface area contributed by atoms with Gasteiger partial charge in [-0.3, -0.25) is 0 Å². The topological polar surface area (TPSA) is 52.5 Å². The summed E-state index contributed by atoms with van der Waals surface area (Å²) in [6, 6.07) is 5.66. The van der Waals surface area contributed by atoms with E-state index in [4.69, 9.17) is 0 Å². The quantitative estimate of drug-likeness (QED) is 0.684. The van der Waals surface area contributed by atoms with Crippen LogP contribution in [-0.2, 0) is 6.54 Å². The Bertz CT molecular complexity index is 392. The lowest BCUT2D eigenvalue weighted by molar-refractivity contribution is 0.163.